The summed E-state index contributed by atoms with van der Waals surface area (Å²) in [4.78, 5) is 0. The van der Waals surface area contributed by atoms with Crippen molar-refractivity contribution < 1.29 is 4.74 Å². The lowest BCUT2D eigenvalue weighted by molar-refractivity contribution is -0.0486. The van der Waals surface area contributed by atoms with Gasteiger partial charge in [-0.15, -0.1) is 0 Å². The number of ether oxygens (including phenoxy) is 1. The van der Waals surface area contributed by atoms with Crippen LogP contribution in [0.1, 0.15) is 46.5 Å². The maximum absolute atomic E-state index is 5.86. The summed E-state index contributed by atoms with van der Waals surface area (Å²) in [7, 11) is 0. The van der Waals surface area contributed by atoms with E-state index in [1.165, 1.54) is 19.3 Å². The molecule has 1 rings (SSSR count). The highest BCUT2D eigenvalue weighted by atomic mass is 16.5. The lowest BCUT2D eigenvalue weighted by atomic mass is 9.96. The Kier molecular flexibility index (Phi) is 4.74. The molecule has 0 aromatic heterocycles. The summed E-state index contributed by atoms with van der Waals surface area (Å²) < 4.78 is 5.86. The molecule has 1 fully saturated rings. The number of rotatable bonds is 6. The molecule has 0 saturated heterocycles. The van der Waals surface area contributed by atoms with Crippen LogP contribution in [0.25, 0.3) is 0 Å². The molecule has 1 saturated carbocycles. The van der Waals surface area contributed by atoms with Crippen LogP contribution in [0.2, 0.25) is 0 Å². The van der Waals surface area contributed by atoms with Crippen molar-refractivity contribution in [3.05, 3.63) is 0 Å². The third kappa shape index (κ3) is 4.10. The highest BCUT2D eigenvalue weighted by Gasteiger charge is 2.21. The molecular formula is C11H23NO. The normalized spacial score (nSPS) is 22.4. The Morgan fingerprint density at radius 1 is 1.38 bits per heavy atom. The molecule has 1 aliphatic rings. The monoisotopic (exact) mass is 185 g/mol. The van der Waals surface area contributed by atoms with Crippen molar-refractivity contribution in [2.24, 2.45) is 0 Å². The van der Waals surface area contributed by atoms with Gasteiger partial charge in [-0.3, -0.25) is 0 Å². The second-order valence-electron chi connectivity index (χ2n) is 4.19. The van der Waals surface area contributed by atoms with E-state index in [0.717, 1.165) is 13.0 Å². The largest absolute Gasteiger partial charge is 0.375 e. The molecule has 0 amide bonds. The average Bonchev–Trinajstić information content (AvgIpc) is 1.97. The zero-order chi connectivity index (χ0) is 9.68. The molecule has 78 valence electrons. The van der Waals surface area contributed by atoms with Crippen molar-refractivity contribution in [2.45, 2.75) is 64.7 Å². The van der Waals surface area contributed by atoms with Crippen molar-refractivity contribution in [1.82, 2.24) is 5.32 Å². The molecule has 2 nitrogen and oxygen atoms in total. The molecular weight excluding hydrogens is 162 g/mol. The van der Waals surface area contributed by atoms with Crippen LogP contribution >= 0.6 is 0 Å². The SMILES string of the molecule is CCNC(C)CC(C)OC1CCC1. The van der Waals surface area contributed by atoms with E-state index in [0.29, 0.717) is 18.2 Å². The molecule has 1 aliphatic carbocycles. The van der Waals surface area contributed by atoms with Crippen LogP contribution in [0.5, 0.6) is 0 Å². The smallest absolute Gasteiger partial charge is 0.0578 e. The topological polar surface area (TPSA) is 21.3 Å². The Bertz CT molecular complexity index is 134. The lowest BCUT2D eigenvalue weighted by Crippen LogP contribution is -2.33. The first-order valence-electron chi connectivity index (χ1n) is 5.61. The molecule has 0 aliphatic heterocycles. The van der Waals surface area contributed by atoms with E-state index >= 15 is 0 Å². The average molecular weight is 185 g/mol. The molecule has 13 heavy (non-hydrogen) atoms. The predicted molar refractivity (Wildman–Crippen MR) is 55.9 cm³/mol. The molecule has 0 bridgehead atoms. The van der Waals surface area contributed by atoms with Crippen molar-refractivity contribution in [2.75, 3.05) is 6.54 Å². The van der Waals surface area contributed by atoms with Gasteiger partial charge < -0.3 is 10.1 Å². The van der Waals surface area contributed by atoms with Crippen LogP contribution in [0.3, 0.4) is 0 Å². The van der Waals surface area contributed by atoms with Gasteiger partial charge in [-0.05, 0) is 46.1 Å². The van der Waals surface area contributed by atoms with Gasteiger partial charge in [0.25, 0.3) is 0 Å². The fourth-order valence-corrected chi connectivity index (χ4v) is 1.82. The Labute approximate surface area is 82.0 Å². The van der Waals surface area contributed by atoms with Gasteiger partial charge in [0, 0.05) is 6.04 Å². The first-order chi connectivity index (χ1) is 6.22. The molecule has 0 aromatic rings. The Balaban J connectivity index is 2.04. The summed E-state index contributed by atoms with van der Waals surface area (Å²) in [5.41, 5.74) is 0. The van der Waals surface area contributed by atoms with E-state index in [1.807, 2.05) is 0 Å². The second-order valence-corrected chi connectivity index (χ2v) is 4.19. The summed E-state index contributed by atoms with van der Waals surface area (Å²) in [6, 6.07) is 0.583. The van der Waals surface area contributed by atoms with Crippen LogP contribution in [0, 0.1) is 0 Å². The highest BCUT2D eigenvalue weighted by Crippen LogP contribution is 2.24. The van der Waals surface area contributed by atoms with Gasteiger partial charge in [0.05, 0.1) is 12.2 Å². The predicted octanol–water partition coefficient (Wildman–Crippen LogP) is 2.33. The highest BCUT2D eigenvalue weighted by molar-refractivity contribution is 4.72. The van der Waals surface area contributed by atoms with Gasteiger partial charge in [0.1, 0.15) is 0 Å². The van der Waals surface area contributed by atoms with Gasteiger partial charge in [-0.2, -0.15) is 0 Å². The minimum absolute atomic E-state index is 0.416. The first-order valence-corrected chi connectivity index (χ1v) is 5.61. The fraction of sp³-hybridized carbons (Fsp3) is 1.00. The summed E-state index contributed by atoms with van der Waals surface area (Å²) in [5.74, 6) is 0. The van der Waals surface area contributed by atoms with Gasteiger partial charge in [0.2, 0.25) is 0 Å². The fourth-order valence-electron chi connectivity index (χ4n) is 1.82. The van der Waals surface area contributed by atoms with E-state index in [9.17, 15) is 0 Å². The summed E-state index contributed by atoms with van der Waals surface area (Å²) in [5, 5.41) is 3.41. The first kappa shape index (κ1) is 11.0. The zero-order valence-electron chi connectivity index (χ0n) is 9.18. The molecule has 0 radical (unpaired) electrons. The Morgan fingerprint density at radius 3 is 2.54 bits per heavy atom. The summed E-state index contributed by atoms with van der Waals surface area (Å²) in [6.45, 7) is 7.61. The van der Waals surface area contributed by atoms with Gasteiger partial charge in [0.15, 0.2) is 0 Å². The van der Waals surface area contributed by atoms with E-state index in [1.54, 1.807) is 0 Å². The zero-order valence-corrected chi connectivity index (χ0v) is 9.18. The van der Waals surface area contributed by atoms with Gasteiger partial charge >= 0.3 is 0 Å². The third-order valence-corrected chi connectivity index (χ3v) is 2.72. The molecule has 2 heteroatoms. The van der Waals surface area contributed by atoms with E-state index in [-0.39, 0.29) is 0 Å². The standard InChI is InChI=1S/C11H23NO/c1-4-12-9(2)8-10(3)13-11-6-5-7-11/h9-12H,4-8H2,1-3H3. The van der Waals surface area contributed by atoms with Crippen LogP contribution in [0.4, 0.5) is 0 Å². The molecule has 2 atom stereocenters. The summed E-state index contributed by atoms with van der Waals surface area (Å²) >= 11 is 0. The molecule has 0 spiro atoms. The number of hydrogen-bond acceptors (Lipinski definition) is 2. The third-order valence-electron chi connectivity index (χ3n) is 2.72. The minimum atomic E-state index is 0.416. The second kappa shape index (κ2) is 5.61. The minimum Gasteiger partial charge on any atom is -0.375 e. The van der Waals surface area contributed by atoms with E-state index in [2.05, 4.69) is 26.1 Å². The maximum atomic E-state index is 5.86. The van der Waals surface area contributed by atoms with Crippen LogP contribution < -0.4 is 5.32 Å². The Morgan fingerprint density at radius 2 is 2.08 bits per heavy atom. The molecule has 0 heterocycles. The van der Waals surface area contributed by atoms with E-state index in [4.69, 9.17) is 4.74 Å². The lowest BCUT2D eigenvalue weighted by Gasteiger charge is -2.30. The van der Waals surface area contributed by atoms with Crippen LogP contribution in [0.15, 0.2) is 0 Å². The quantitative estimate of drug-likeness (QED) is 0.685. The van der Waals surface area contributed by atoms with Crippen molar-refractivity contribution >= 4 is 0 Å². The molecule has 0 aromatic carbocycles. The van der Waals surface area contributed by atoms with Crippen molar-refractivity contribution in [1.29, 1.82) is 0 Å². The summed E-state index contributed by atoms with van der Waals surface area (Å²) in [6.07, 6.45) is 6.04. The molecule has 1 N–H and O–H groups in total. The Hall–Kier alpha value is -0.0800. The van der Waals surface area contributed by atoms with E-state index < -0.39 is 0 Å². The van der Waals surface area contributed by atoms with Crippen LogP contribution in [-0.4, -0.2) is 24.8 Å². The van der Waals surface area contributed by atoms with Gasteiger partial charge in [-0.25, -0.2) is 0 Å². The van der Waals surface area contributed by atoms with Crippen molar-refractivity contribution in [3.63, 3.8) is 0 Å². The number of hydrogen-bond donors (Lipinski definition) is 1. The van der Waals surface area contributed by atoms with Crippen LogP contribution in [-0.2, 0) is 4.74 Å². The maximum Gasteiger partial charge on any atom is 0.0578 e. The van der Waals surface area contributed by atoms with Gasteiger partial charge in [-0.1, -0.05) is 6.92 Å². The number of nitrogens with one attached hydrogen (secondary N) is 1. The molecule has 2 unspecified atom stereocenters. The van der Waals surface area contributed by atoms with Crippen molar-refractivity contribution in [3.8, 4) is 0 Å².